The molecular formula is C8H8F2N4. The molecule has 14 heavy (non-hydrogen) atoms. The van der Waals surface area contributed by atoms with E-state index in [-0.39, 0.29) is 12.2 Å². The van der Waals surface area contributed by atoms with Crippen molar-refractivity contribution in [3.63, 3.8) is 0 Å². The van der Waals surface area contributed by atoms with Crippen molar-refractivity contribution in [2.24, 2.45) is 5.11 Å². The molecule has 0 atom stereocenters. The van der Waals surface area contributed by atoms with E-state index in [0.29, 0.717) is 5.69 Å². The molecule has 0 saturated heterocycles. The van der Waals surface area contributed by atoms with Crippen LogP contribution in [-0.4, -0.2) is 4.98 Å². The van der Waals surface area contributed by atoms with Crippen LogP contribution in [0.1, 0.15) is 18.3 Å². The maximum Gasteiger partial charge on any atom is 0.286 e. The van der Waals surface area contributed by atoms with Crippen molar-refractivity contribution in [1.82, 2.24) is 4.98 Å². The SMILES string of the molecule is CC(F)(F)c1cccc(CN=[N+]=[N-])n1. The first kappa shape index (κ1) is 10.4. The van der Waals surface area contributed by atoms with Crippen LogP contribution in [0.5, 0.6) is 0 Å². The summed E-state index contributed by atoms with van der Waals surface area (Å²) in [5, 5.41) is 3.24. The third-order valence-electron chi connectivity index (χ3n) is 1.55. The number of rotatable bonds is 3. The normalized spacial score (nSPS) is 10.8. The van der Waals surface area contributed by atoms with Crippen LogP contribution in [-0.2, 0) is 12.5 Å². The summed E-state index contributed by atoms with van der Waals surface area (Å²) in [5.41, 5.74) is 8.06. The molecule has 0 N–H and O–H groups in total. The Hall–Kier alpha value is -1.68. The van der Waals surface area contributed by atoms with E-state index in [2.05, 4.69) is 15.0 Å². The predicted molar refractivity (Wildman–Crippen MR) is 46.7 cm³/mol. The molecule has 0 amide bonds. The molecule has 0 aliphatic rings. The molecule has 0 saturated carbocycles. The van der Waals surface area contributed by atoms with E-state index >= 15 is 0 Å². The molecule has 0 aliphatic heterocycles. The van der Waals surface area contributed by atoms with E-state index in [4.69, 9.17) is 5.53 Å². The number of aromatic nitrogens is 1. The van der Waals surface area contributed by atoms with E-state index in [1.54, 1.807) is 0 Å². The number of azide groups is 1. The summed E-state index contributed by atoms with van der Waals surface area (Å²) in [7, 11) is 0. The van der Waals surface area contributed by atoms with Gasteiger partial charge < -0.3 is 0 Å². The average Bonchev–Trinajstić information content (AvgIpc) is 2.14. The van der Waals surface area contributed by atoms with E-state index in [1.807, 2.05) is 0 Å². The van der Waals surface area contributed by atoms with Crippen molar-refractivity contribution in [1.29, 1.82) is 0 Å². The van der Waals surface area contributed by atoms with Gasteiger partial charge in [0.15, 0.2) is 0 Å². The van der Waals surface area contributed by atoms with Crippen molar-refractivity contribution < 1.29 is 8.78 Å². The predicted octanol–water partition coefficient (Wildman–Crippen LogP) is 3.00. The highest BCUT2D eigenvalue weighted by atomic mass is 19.3. The van der Waals surface area contributed by atoms with Gasteiger partial charge in [-0.3, -0.25) is 4.98 Å². The first-order valence-electron chi connectivity index (χ1n) is 3.89. The van der Waals surface area contributed by atoms with Crippen molar-refractivity contribution in [2.45, 2.75) is 19.4 Å². The fraction of sp³-hybridized carbons (Fsp3) is 0.375. The van der Waals surface area contributed by atoms with Gasteiger partial charge >= 0.3 is 0 Å². The molecule has 74 valence electrons. The molecule has 1 aromatic heterocycles. The Morgan fingerprint density at radius 1 is 1.57 bits per heavy atom. The Morgan fingerprint density at radius 3 is 2.86 bits per heavy atom. The smallest absolute Gasteiger partial charge is 0.251 e. The van der Waals surface area contributed by atoms with Crippen molar-refractivity contribution in [2.75, 3.05) is 0 Å². The fourth-order valence-corrected chi connectivity index (χ4v) is 0.916. The molecule has 0 aromatic carbocycles. The Morgan fingerprint density at radius 2 is 2.29 bits per heavy atom. The molecule has 6 heteroatoms. The lowest BCUT2D eigenvalue weighted by Gasteiger charge is -2.09. The zero-order valence-electron chi connectivity index (χ0n) is 7.48. The molecule has 1 heterocycles. The topological polar surface area (TPSA) is 61.7 Å². The summed E-state index contributed by atoms with van der Waals surface area (Å²) >= 11 is 0. The highest BCUT2D eigenvalue weighted by molar-refractivity contribution is 5.14. The van der Waals surface area contributed by atoms with E-state index in [1.165, 1.54) is 18.2 Å². The summed E-state index contributed by atoms with van der Waals surface area (Å²) in [5.74, 6) is -2.97. The Labute approximate surface area is 79.2 Å². The fourth-order valence-electron chi connectivity index (χ4n) is 0.916. The molecule has 0 radical (unpaired) electrons. The van der Waals surface area contributed by atoms with Gasteiger partial charge in [0.2, 0.25) is 0 Å². The highest BCUT2D eigenvalue weighted by Crippen LogP contribution is 2.24. The second-order valence-corrected chi connectivity index (χ2v) is 2.79. The molecule has 1 rings (SSSR count). The van der Waals surface area contributed by atoms with Gasteiger partial charge in [0.1, 0.15) is 5.69 Å². The standard InChI is InChI=1S/C8H8F2N4/c1-8(9,10)7-4-2-3-6(13-7)5-12-14-11/h2-4H,5H2,1H3. The number of alkyl halides is 2. The van der Waals surface area contributed by atoms with Crippen LogP contribution < -0.4 is 0 Å². The second kappa shape index (κ2) is 4.02. The number of nitrogens with zero attached hydrogens (tertiary/aromatic N) is 4. The lowest BCUT2D eigenvalue weighted by Crippen LogP contribution is -2.10. The van der Waals surface area contributed by atoms with Gasteiger partial charge in [-0.25, -0.2) is 0 Å². The zero-order valence-corrected chi connectivity index (χ0v) is 7.48. The van der Waals surface area contributed by atoms with Crippen LogP contribution in [0.15, 0.2) is 23.3 Å². The van der Waals surface area contributed by atoms with Gasteiger partial charge in [0.05, 0.1) is 6.54 Å². The molecule has 1 aromatic rings. The van der Waals surface area contributed by atoms with E-state index in [0.717, 1.165) is 6.92 Å². The highest BCUT2D eigenvalue weighted by Gasteiger charge is 2.25. The maximum absolute atomic E-state index is 12.8. The molecular weight excluding hydrogens is 190 g/mol. The minimum atomic E-state index is -2.97. The van der Waals surface area contributed by atoms with Crippen LogP contribution in [0, 0.1) is 0 Å². The third-order valence-corrected chi connectivity index (χ3v) is 1.55. The molecule has 0 aliphatic carbocycles. The van der Waals surface area contributed by atoms with Gasteiger partial charge in [0, 0.05) is 17.5 Å². The third kappa shape index (κ3) is 2.67. The maximum atomic E-state index is 12.8. The largest absolute Gasteiger partial charge is 0.286 e. The number of hydrogen-bond acceptors (Lipinski definition) is 2. The van der Waals surface area contributed by atoms with Crippen molar-refractivity contribution >= 4 is 0 Å². The molecule has 0 spiro atoms. The Bertz CT molecular complexity index is 366. The van der Waals surface area contributed by atoms with Gasteiger partial charge in [-0.2, -0.15) is 8.78 Å². The summed E-state index contributed by atoms with van der Waals surface area (Å²) in [4.78, 5) is 6.19. The monoisotopic (exact) mass is 198 g/mol. The van der Waals surface area contributed by atoms with Gasteiger partial charge in [-0.15, -0.1) is 0 Å². The van der Waals surface area contributed by atoms with Crippen LogP contribution >= 0.6 is 0 Å². The Kier molecular flexibility index (Phi) is 2.99. The quantitative estimate of drug-likeness (QED) is 0.418. The van der Waals surface area contributed by atoms with Crippen molar-refractivity contribution in [3.05, 3.63) is 40.0 Å². The summed E-state index contributed by atoms with van der Waals surface area (Å²) < 4.78 is 25.6. The number of halogens is 2. The zero-order chi connectivity index (χ0) is 10.6. The van der Waals surface area contributed by atoms with Gasteiger partial charge in [0.25, 0.3) is 5.92 Å². The van der Waals surface area contributed by atoms with Crippen LogP contribution in [0.25, 0.3) is 10.4 Å². The first-order chi connectivity index (χ1) is 6.54. The minimum Gasteiger partial charge on any atom is -0.251 e. The van der Waals surface area contributed by atoms with Gasteiger partial charge in [-0.05, 0) is 17.7 Å². The molecule has 4 nitrogen and oxygen atoms in total. The van der Waals surface area contributed by atoms with Crippen molar-refractivity contribution in [3.8, 4) is 0 Å². The molecule has 0 bridgehead atoms. The summed E-state index contributed by atoms with van der Waals surface area (Å²) in [6, 6.07) is 4.23. The molecule has 0 unspecified atom stereocenters. The number of pyridine rings is 1. The molecule has 0 fully saturated rings. The van der Waals surface area contributed by atoms with Crippen LogP contribution in [0.3, 0.4) is 0 Å². The lowest BCUT2D eigenvalue weighted by atomic mass is 10.2. The number of hydrogen-bond donors (Lipinski definition) is 0. The lowest BCUT2D eigenvalue weighted by molar-refractivity contribution is 0.0126. The Balaban J connectivity index is 2.95. The minimum absolute atomic E-state index is 0.0135. The average molecular weight is 198 g/mol. The van der Waals surface area contributed by atoms with E-state index in [9.17, 15) is 8.78 Å². The van der Waals surface area contributed by atoms with Crippen LogP contribution in [0.4, 0.5) is 8.78 Å². The van der Waals surface area contributed by atoms with E-state index < -0.39 is 5.92 Å². The first-order valence-corrected chi connectivity index (χ1v) is 3.89. The summed E-state index contributed by atoms with van der Waals surface area (Å²) in [6.07, 6.45) is 0. The second-order valence-electron chi connectivity index (χ2n) is 2.79. The van der Waals surface area contributed by atoms with Crippen LogP contribution in [0.2, 0.25) is 0 Å². The summed E-state index contributed by atoms with van der Waals surface area (Å²) in [6.45, 7) is 0.757. The van der Waals surface area contributed by atoms with Gasteiger partial charge in [-0.1, -0.05) is 11.2 Å².